The molecule has 0 unspecified atom stereocenters. The standard InChI is InChI=1S/C21H26N4O2/c1-13-4-5-16(10-14(13)2)17-6-7-18-19(11-17)25(8-9-26)20(24-18)12-23-15(3)21(22)27/h4-7,10-11,15,23,26H,8-9,12H2,1-3H3,(H2,22,27)/t15-/m0/s1. The topological polar surface area (TPSA) is 93.2 Å². The van der Waals surface area contributed by atoms with E-state index in [-0.39, 0.29) is 6.61 Å². The highest BCUT2D eigenvalue weighted by Gasteiger charge is 2.14. The number of imidazole rings is 1. The summed E-state index contributed by atoms with van der Waals surface area (Å²) in [6.07, 6.45) is 0. The van der Waals surface area contributed by atoms with Crippen LogP contribution in [0.3, 0.4) is 0 Å². The van der Waals surface area contributed by atoms with E-state index in [1.807, 2.05) is 10.6 Å². The van der Waals surface area contributed by atoms with Crippen LogP contribution in [0.2, 0.25) is 0 Å². The third-order valence-electron chi connectivity index (χ3n) is 4.98. The molecule has 0 radical (unpaired) electrons. The van der Waals surface area contributed by atoms with Crippen LogP contribution in [-0.2, 0) is 17.9 Å². The van der Waals surface area contributed by atoms with Crippen LogP contribution in [0.4, 0.5) is 0 Å². The molecular formula is C21H26N4O2. The molecule has 1 atom stereocenters. The molecule has 142 valence electrons. The first-order valence-electron chi connectivity index (χ1n) is 9.11. The van der Waals surface area contributed by atoms with E-state index >= 15 is 0 Å². The van der Waals surface area contributed by atoms with E-state index in [4.69, 9.17) is 5.73 Å². The number of aryl methyl sites for hydroxylation is 2. The van der Waals surface area contributed by atoms with E-state index in [2.05, 4.69) is 54.5 Å². The van der Waals surface area contributed by atoms with Gasteiger partial charge < -0.3 is 15.4 Å². The van der Waals surface area contributed by atoms with Gasteiger partial charge >= 0.3 is 0 Å². The summed E-state index contributed by atoms with van der Waals surface area (Å²) >= 11 is 0. The predicted octanol–water partition coefficient (Wildman–Crippen LogP) is 2.28. The first-order valence-corrected chi connectivity index (χ1v) is 9.11. The summed E-state index contributed by atoms with van der Waals surface area (Å²) in [5.41, 5.74) is 11.9. The Morgan fingerprint density at radius 3 is 2.56 bits per heavy atom. The molecule has 0 spiro atoms. The Balaban J connectivity index is 2.00. The smallest absolute Gasteiger partial charge is 0.234 e. The van der Waals surface area contributed by atoms with Crippen molar-refractivity contribution >= 4 is 16.9 Å². The number of nitrogens with two attached hydrogens (primary N) is 1. The maximum atomic E-state index is 11.2. The maximum absolute atomic E-state index is 11.2. The summed E-state index contributed by atoms with van der Waals surface area (Å²) in [6.45, 7) is 6.78. The third-order valence-corrected chi connectivity index (χ3v) is 4.98. The molecule has 27 heavy (non-hydrogen) atoms. The maximum Gasteiger partial charge on any atom is 0.234 e. The van der Waals surface area contributed by atoms with Crippen LogP contribution in [0.15, 0.2) is 36.4 Å². The quantitative estimate of drug-likeness (QED) is 0.598. The average molecular weight is 366 g/mol. The monoisotopic (exact) mass is 366 g/mol. The minimum Gasteiger partial charge on any atom is -0.395 e. The fourth-order valence-electron chi connectivity index (χ4n) is 3.10. The largest absolute Gasteiger partial charge is 0.395 e. The Labute approximate surface area is 159 Å². The highest BCUT2D eigenvalue weighted by molar-refractivity contribution is 5.83. The molecule has 0 aliphatic rings. The molecule has 4 N–H and O–H groups in total. The minimum absolute atomic E-state index is 0.0116. The summed E-state index contributed by atoms with van der Waals surface area (Å²) in [5, 5.41) is 12.6. The summed E-state index contributed by atoms with van der Waals surface area (Å²) in [7, 11) is 0. The van der Waals surface area contributed by atoms with Gasteiger partial charge in [0, 0.05) is 6.54 Å². The van der Waals surface area contributed by atoms with Crippen LogP contribution in [-0.4, -0.2) is 33.2 Å². The van der Waals surface area contributed by atoms with E-state index in [0.29, 0.717) is 13.1 Å². The molecule has 0 bridgehead atoms. The highest BCUT2D eigenvalue weighted by atomic mass is 16.3. The molecule has 3 rings (SSSR count). The van der Waals surface area contributed by atoms with Gasteiger partial charge in [0.2, 0.25) is 5.91 Å². The van der Waals surface area contributed by atoms with Crippen molar-refractivity contribution in [1.82, 2.24) is 14.9 Å². The van der Waals surface area contributed by atoms with Gasteiger partial charge in [0.05, 0.1) is 30.2 Å². The van der Waals surface area contributed by atoms with Gasteiger partial charge in [-0.1, -0.05) is 24.3 Å². The van der Waals surface area contributed by atoms with Gasteiger partial charge in [-0.15, -0.1) is 0 Å². The number of aliphatic hydroxyl groups is 1. The van der Waals surface area contributed by atoms with Crippen LogP contribution in [0.5, 0.6) is 0 Å². The molecule has 1 amide bonds. The Morgan fingerprint density at radius 1 is 1.19 bits per heavy atom. The number of hydrogen-bond acceptors (Lipinski definition) is 4. The van der Waals surface area contributed by atoms with Crippen LogP contribution in [0.25, 0.3) is 22.2 Å². The number of carbonyl (C=O) groups excluding carboxylic acids is 1. The van der Waals surface area contributed by atoms with Gasteiger partial charge in [0.25, 0.3) is 0 Å². The number of aliphatic hydroxyl groups excluding tert-OH is 1. The molecule has 6 heteroatoms. The number of primary amides is 1. The van der Waals surface area contributed by atoms with Gasteiger partial charge in [0.15, 0.2) is 0 Å². The Hall–Kier alpha value is -2.70. The van der Waals surface area contributed by atoms with Gasteiger partial charge in [0.1, 0.15) is 5.82 Å². The Morgan fingerprint density at radius 2 is 1.89 bits per heavy atom. The molecule has 0 fully saturated rings. The lowest BCUT2D eigenvalue weighted by atomic mass is 10.0. The Kier molecular flexibility index (Phi) is 5.58. The second-order valence-electron chi connectivity index (χ2n) is 6.91. The van der Waals surface area contributed by atoms with Crippen molar-refractivity contribution in [3.63, 3.8) is 0 Å². The number of amides is 1. The number of aromatic nitrogens is 2. The zero-order valence-electron chi connectivity index (χ0n) is 16.0. The van der Waals surface area contributed by atoms with E-state index in [0.717, 1.165) is 28.0 Å². The third kappa shape index (κ3) is 4.02. The SMILES string of the molecule is Cc1ccc(-c2ccc3nc(CN[C@@H](C)C(N)=O)n(CCO)c3c2)cc1C. The zero-order valence-corrected chi connectivity index (χ0v) is 16.0. The van der Waals surface area contributed by atoms with Gasteiger partial charge in [-0.25, -0.2) is 4.98 Å². The van der Waals surface area contributed by atoms with Gasteiger partial charge in [-0.3, -0.25) is 10.1 Å². The lowest BCUT2D eigenvalue weighted by Gasteiger charge is -2.12. The molecule has 1 aromatic heterocycles. The van der Waals surface area contributed by atoms with Crippen LogP contribution < -0.4 is 11.1 Å². The summed E-state index contributed by atoms with van der Waals surface area (Å²) in [4.78, 5) is 15.9. The van der Waals surface area contributed by atoms with Crippen molar-refractivity contribution in [2.24, 2.45) is 5.73 Å². The van der Waals surface area contributed by atoms with E-state index < -0.39 is 11.9 Å². The first-order chi connectivity index (χ1) is 12.9. The number of nitrogens with zero attached hydrogens (tertiary/aromatic N) is 2. The lowest BCUT2D eigenvalue weighted by molar-refractivity contribution is -0.119. The van der Waals surface area contributed by atoms with Crippen molar-refractivity contribution in [3.8, 4) is 11.1 Å². The number of carbonyl (C=O) groups is 1. The summed E-state index contributed by atoms with van der Waals surface area (Å²) in [6, 6.07) is 12.1. The molecule has 0 saturated carbocycles. The fraction of sp³-hybridized carbons (Fsp3) is 0.333. The predicted molar refractivity (Wildman–Crippen MR) is 107 cm³/mol. The molecule has 0 saturated heterocycles. The number of hydrogen-bond donors (Lipinski definition) is 3. The molecule has 3 aromatic rings. The zero-order chi connectivity index (χ0) is 19.6. The van der Waals surface area contributed by atoms with Crippen molar-refractivity contribution in [2.75, 3.05) is 6.61 Å². The van der Waals surface area contributed by atoms with Crippen molar-refractivity contribution in [3.05, 3.63) is 53.3 Å². The molecule has 0 aliphatic carbocycles. The van der Waals surface area contributed by atoms with Crippen LogP contribution in [0, 0.1) is 13.8 Å². The lowest BCUT2D eigenvalue weighted by Crippen LogP contribution is -2.38. The van der Waals surface area contributed by atoms with Crippen molar-refractivity contribution in [2.45, 2.75) is 39.9 Å². The van der Waals surface area contributed by atoms with Crippen LogP contribution in [0.1, 0.15) is 23.9 Å². The summed E-state index contributed by atoms with van der Waals surface area (Å²) in [5.74, 6) is 0.362. The molecule has 1 heterocycles. The number of rotatable bonds is 7. The Bertz CT molecular complexity index is 978. The summed E-state index contributed by atoms with van der Waals surface area (Å²) < 4.78 is 1.99. The number of benzene rings is 2. The van der Waals surface area contributed by atoms with E-state index in [1.165, 1.54) is 11.1 Å². The first kappa shape index (κ1) is 19.1. The van der Waals surface area contributed by atoms with Gasteiger partial charge in [-0.2, -0.15) is 0 Å². The van der Waals surface area contributed by atoms with Crippen LogP contribution >= 0.6 is 0 Å². The molecule has 2 aromatic carbocycles. The molecule has 0 aliphatic heterocycles. The normalized spacial score (nSPS) is 12.4. The van der Waals surface area contributed by atoms with E-state index in [1.54, 1.807) is 6.92 Å². The second-order valence-corrected chi connectivity index (χ2v) is 6.91. The van der Waals surface area contributed by atoms with Gasteiger partial charge in [-0.05, 0) is 55.2 Å². The number of nitrogens with one attached hydrogen (secondary N) is 1. The second kappa shape index (κ2) is 7.90. The molecule has 6 nitrogen and oxygen atoms in total. The van der Waals surface area contributed by atoms with Crippen molar-refractivity contribution in [1.29, 1.82) is 0 Å². The molecular weight excluding hydrogens is 340 g/mol. The fourth-order valence-corrected chi connectivity index (χ4v) is 3.10. The van der Waals surface area contributed by atoms with Crippen molar-refractivity contribution < 1.29 is 9.90 Å². The minimum atomic E-state index is -0.446. The van der Waals surface area contributed by atoms with E-state index in [9.17, 15) is 9.90 Å². The highest BCUT2D eigenvalue weighted by Crippen LogP contribution is 2.27. The average Bonchev–Trinajstić information content (AvgIpc) is 2.99. The number of fused-ring (bicyclic) bond motifs is 1.